The van der Waals surface area contributed by atoms with Crippen LogP contribution in [0.5, 0.6) is 0 Å². The van der Waals surface area contributed by atoms with Crippen LogP contribution in [-0.2, 0) is 9.53 Å². The second-order valence-electron chi connectivity index (χ2n) is 5.47. The Morgan fingerprint density at radius 1 is 1.53 bits per heavy atom. The van der Waals surface area contributed by atoms with Crippen molar-refractivity contribution < 1.29 is 14.6 Å². The molecule has 5 nitrogen and oxygen atoms in total. The Kier molecular flexibility index (Phi) is 4.52. The maximum atomic E-state index is 11.4. The number of hydrogen-bond acceptors (Lipinski definition) is 5. The van der Waals surface area contributed by atoms with Crippen LogP contribution >= 0.6 is 0 Å². The first-order valence-corrected chi connectivity index (χ1v) is 5.97. The zero-order chi connectivity index (χ0) is 13.2. The van der Waals surface area contributed by atoms with Crippen molar-refractivity contribution in [1.29, 1.82) is 0 Å². The molecule has 0 aromatic heterocycles. The second-order valence-corrected chi connectivity index (χ2v) is 5.47. The Labute approximate surface area is 103 Å². The number of carbonyl (C=O) groups excluding carboxylic acids is 1. The lowest BCUT2D eigenvalue weighted by Gasteiger charge is -2.27. The van der Waals surface area contributed by atoms with Gasteiger partial charge in [0, 0.05) is 25.7 Å². The van der Waals surface area contributed by atoms with Crippen molar-refractivity contribution in [3.05, 3.63) is 0 Å². The Bertz CT molecular complexity index is 279. The van der Waals surface area contributed by atoms with Gasteiger partial charge in [0.2, 0.25) is 0 Å². The average Bonchev–Trinajstić information content (AvgIpc) is 2.57. The lowest BCUT2D eigenvalue weighted by Crippen LogP contribution is -2.47. The van der Waals surface area contributed by atoms with Crippen LogP contribution in [0.15, 0.2) is 0 Å². The fourth-order valence-electron chi connectivity index (χ4n) is 2.57. The van der Waals surface area contributed by atoms with Gasteiger partial charge < -0.3 is 14.7 Å². The Balaban J connectivity index is 2.58. The largest absolute Gasteiger partial charge is 0.467 e. The summed E-state index contributed by atoms with van der Waals surface area (Å²) in [5.41, 5.74) is -1.42. The highest BCUT2D eigenvalue weighted by Crippen LogP contribution is 2.22. The predicted molar refractivity (Wildman–Crippen MR) is 65.7 cm³/mol. The van der Waals surface area contributed by atoms with Crippen molar-refractivity contribution in [2.75, 3.05) is 40.8 Å². The lowest BCUT2D eigenvalue weighted by atomic mass is 10.1. The highest BCUT2D eigenvalue weighted by molar-refractivity contribution is 5.78. The van der Waals surface area contributed by atoms with Crippen LogP contribution < -0.4 is 0 Å². The van der Waals surface area contributed by atoms with Gasteiger partial charge in [-0.05, 0) is 26.9 Å². The van der Waals surface area contributed by atoms with E-state index in [-0.39, 0.29) is 0 Å². The van der Waals surface area contributed by atoms with E-state index in [1.807, 2.05) is 0 Å². The molecule has 100 valence electrons. The molecule has 1 aliphatic heterocycles. The maximum absolute atomic E-state index is 11.4. The van der Waals surface area contributed by atoms with Crippen molar-refractivity contribution in [3.8, 4) is 0 Å². The van der Waals surface area contributed by atoms with Gasteiger partial charge in [-0.2, -0.15) is 0 Å². The van der Waals surface area contributed by atoms with Crippen LogP contribution in [0.2, 0.25) is 0 Å². The van der Waals surface area contributed by atoms with Gasteiger partial charge in [-0.15, -0.1) is 0 Å². The summed E-state index contributed by atoms with van der Waals surface area (Å²) in [6.07, 6.45) is 0. The van der Waals surface area contributed by atoms with Crippen LogP contribution in [0.25, 0.3) is 0 Å². The third kappa shape index (κ3) is 3.40. The van der Waals surface area contributed by atoms with Crippen LogP contribution in [0.4, 0.5) is 0 Å². The molecule has 1 N–H and O–H groups in total. The summed E-state index contributed by atoms with van der Waals surface area (Å²) in [5, 5.41) is 10.0. The normalized spacial score (nSPS) is 29.4. The van der Waals surface area contributed by atoms with E-state index in [0.29, 0.717) is 18.5 Å². The smallest absolute Gasteiger partial charge is 0.338 e. The molecule has 0 amide bonds. The summed E-state index contributed by atoms with van der Waals surface area (Å²) in [7, 11) is 5.41. The molecule has 1 saturated heterocycles. The summed E-state index contributed by atoms with van der Waals surface area (Å²) < 4.78 is 4.60. The Morgan fingerprint density at radius 3 is 2.53 bits per heavy atom. The van der Waals surface area contributed by atoms with Gasteiger partial charge in [0.05, 0.1) is 7.11 Å². The van der Waals surface area contributed by atoms with E-state index in [4.69, 9.17) is 0 Å². The molecular formula is C12H24N2O3. The number of rotatable bonds is 4. The zero-order valence-electron chi connectivity index (χ0n) is 11.4. The number of carbonyl (C=O) groups is 1. The minimum Gasteiger partial charge on any atom is -0.467 e. The summed E-state index contributed by atoms with van der Waals surface area (Å²) in [4.78, 5) is 15.7. The molecule has 0 bridgehead atoms. The second kappa shape index (κ2) is 5.33. The molecule has 0 aliphatic carbocycles. The van der Waals surface area contributed by atoms with E-state index in [0.717, 1.165) is 13.1 Å². The SMILES string of the molecule is COC(=O)C(C)(O)CN1CC(C)C(N(C)C)C1. The molecule has 1 fully saturated rings. The number of hydrogen-bond donors (Lipinski definition) is 1. The molecule has 1 heterocycles. The van der Waals surface area contributed by atoms with Crippen LogP contribution in [-0.4, -0.2) is 73.4 Å². The quantitative estimate of drug-likeness (QED) is 0.694. The van der Waals surface area contributed by atoms with E-state index in [2.05, 4.69) is 35.6 Å². The number of nitrogens with zero attached hydrogens (tertiary/aromatic N) is 2. The number of ether oxygens (including phenoxy) is 1. The molecule has 17 heavy (non-hydrogen) atoms. The van der Waals surface area contributed by atoms with Gasteiger partial charge in [-0.1, -0.05) is 6.92 Å². The van der Waals surface area contributed by atoms with E-state index >= 15 is 0 Å². The highest BCUT2D eigenvalue weighted by Gasteiger charge is 2.38. The molecule has 3 unspecified atom stereocenters. The van der Waals surface area contributed by atoms with Crippen LogP contribution in [0.1, 0.15) is 13.8 Å². The number of aliphatic hydroxyl groups is 1. The van der Waals surface area contributed by atoms with Crippen molar-refractivity contribution >= 4 is 5.97 Å². The standard InChI is InChI=1S/C12H24N2O3/c1-9-6-14(7-10(9)13(3)4)8-12(2,16)11(15)17-5/h9-10,16H,6-8H2,1-5H3. The maximum Gasteiger partial charge on any atom is 0.338 e. The molecule has 0 aromatic rings. The monoisotopic (exact) mass is 244 g/mol. The fourth-order valence-corrected chi connectivity index (χ4v) is 2.57. The van der Waals surface area contributed by atoms with E-state index in [1.165, 1.54) is 14.0 Å². The van der Waals surface area contributed by atoms with Gasteiger partial charge in [-0.3, -0.25) is 4.90 Å². The molecular weight excluding hydrogens is 220 g/mol. The van der Waals surface area contributed by atoms with Gasteiger partial charge in [0.25, 0.3) is 0 Å². The average molecular weight is 244 g/mol. The molecule has 0 spiro atoms. The molecule has 1 rings (SSSR count). The van der Waals surface area contributed by atoms with Crippen LogP contribution in [0, 0.1) is 5.92 Å². The van der Waals surface area contributed by atoms with Crippen molar-refractivity contribution in [3.63, 3.8) is 0 Å². The lowest BCUT2D eigenvalue weighted by molar-refractivity contribution is -0.162. The number of likely N-dealkylation sites (N-methyl/N-ethyl adjacent to an activating group) is 1. The zero-order valence-corrected chi connectivity index (χ0v) is 11.4. The number of methoxy groups -OCH3 is 1. The number of β-amino-alcohol motifs (C(OH)–C–C–N with tert-alkyl or cyclic N) is 1. The first-order valence-electron chi connectivity index (χ1n) is 5.97. The van der Waals surface area contributed by atoms with Gasteiger partial charge in [0.15, 0.2) is 5.60 Å². The third-order valence-electron chi connectivity index (χ3n) is 3.47. The van der Waals surface area contributed by atoms with Crippen molar-refractivity contribution in [2.24, 2.45) is 5.92 Å². The first kappa shape index (κ1) is 14.4. The summed E-state index contributed by atoms with van der Waals surface area (Å²) >= 11 is 0. The van der Waals surface area contributed by atoms with E-state index in [1.54, 1.807) is 0 Å². The fraction of sp³-hybridized carbons (Fsp3) is 0.917. The van der Waals surface area contributed by atoms with E-state index < -0.39 is 11.6 Å². The molecule has 5 heteroatoms. The van der Waals surface area contributed by atoms with Crippen molar-refractivity contribution in [1.82, 2.24) is 9.80 Å². The van der Waals surface area contributed by atoms with E-state index in [9.17, 15) is 9.90 Å². The van der Waals surface area contributed by atoms with Gasteiger partial charge >= 0.3 is 5.97 Å². The third-order valence-corrected chi connectivity index (χ3v) is 3.47. The first-order chi connectivity index (χ1) is 7.77. The van der Waals surface area contributed by atoms with Gasteiger partial charge in [-0.25, -0.2) is 4.79 Å². The molecule has 1 aliphatic rings. The minimum atomic E-state index is -1.42. The highest BCUT2D eigenvalue weighted by atomic mass is 16.5. The summed E-state index contributed by atoms with van der Waals surface area (Å²) in [6.45, 7) is 5.80. The molecule has 0 radical (unpaired) electrons. The molecule has 0 aromatic carbocycles. The predicted octanol–water partition coefficient (Wildman–Crippen LogP) is -0.208. The Hall–Kier alpha value is -0.650. The summed E-state index contributed by atoms with van der Waals surface area (Å²) in [5.74, 6) is -0.0306. The topological polar surface area (TPSA) is 53.0 Å². The minimum absolute atomic E-state index is 0.328. The van der Waals surface area contributed by atoms with Gasteiger partial charge in [0.1, 0.15) is 0 Å². The summed E-state index contributed by atoms with van der Waals surface area (Å²) in [6, 6.07) is 0.475. The molecule has 3 atom stereocenters. The Morgan fingerprint density at radius 2 is 2.12 bits per heavy atom. The number of likely N-dealkylation sites (tertiary alicyclic amines) is 1. The van der Waals surface area contributed by atoms with Crippen molar-refractivity contribution in [2.45, 2.75) is 25.5 Å². The van der Waals surface area contributed by atoms with Crippen LogP contribution in [0.3, 0.4) is 0 Å². The molecule has 0 saturated carbocycles. The number of esters is 1.